The van der Waals surface area contributed by atoms with Crippen LogP contribution in [-0.4, -0.2) is 24.1 Å². The molecule has 0 aromatic carbocycles. The van der Waals surface area contributed by atoms with Gasteiger partial charge in [-0.25, -0.2) is 4.98 Å². The molecule has 2 heterocycles. The second-order valence-corrected chi connectivity index (χ2v) is 5.72. The first kappa shape index (κ1) is 11.9. The highest BCUT2D eigenvalue weighted by molar-refractivity contribution is 9.10. The summed E-state index contributed by atoms with van der Waals surface area (Å²) in [7, 11) is 0. The lowest BCUT2D eigenvalue weighted by molar-refractivity contribution is 0.399. The van der Waals surface area contributed by atoms with Crippen molar-refractivity contribution >= 4 is 21.7 Å². The Morgan fingerprint density at radius 1 is 1.50 bits per heavy atom. The molecule has 4 heteroatoms. The zero-order valence-corrected chi connectivity index (χ0v) is 11.4. The zero-order chi connectivity index (χ0) is 11.7. The van der Waals surface area contributed by atoms with Gasteiger partial charge in [0.1, 0.15) is 5.82 Å². The van der Waals surface area contributed by atoms with E-state index in [1.54, 1.807) is 0 Å². The molecule has 16 heavy (non-hydrogen) atoms. The number of hydrogen-bond acceptors (Lipinski definition) is 3. The maximum absolute atomic E-state index is 6.05. The van der Waals surface area contributed by atoms with Crippen LogP contribution in [0.2, 0.25) is 0 Å². The standard InChI is InChI=1S/C12H18BrN3/c1-8-3-11(14)7-16(6-8)12-9(2)4-10(13)5-15-12/h4-5,8,11H,3,6-7,14H2,1-2H3. The first-order chi connectivity index (χ1) is 7.56. The lowest BCUT2D eigenvalue weighted by Gasteiger charge is -2.36. The molecule has 1 aromatic heterocycles. The van der Waals surface area contributed by atoms with E-state index in [0.717, 1.165) is 29.8 Å². The third-order valence-electron chi connectivity index (χ3n) is 3.01. The Hall–Kier alpha value is -0.610. The molecular formula is C12H18BrN3. The predicted octanol–water partition coefficient (Wildman–Crippen LogP) is 2.33. The van der Waals surface area contributed by atoms with Crippen molar-refractivity contribution in [3.05, 3.63) is 22.3 Å². The van der Waals surface area contributed by atoms with Gasteiger partial charge in [-0.1, -0.05) is 6.92 Å². The van der Waals surface area contributed by atoms with Gasteiger partial charge in [0.15, 0.2) is 0 Å². The van der Waals surface area contributed by atoms with Crippen LogP contribution < -0.4 is 10.6 Å². The smallest absolute Gasteiger partial charge is 0.131 e. The summed E-state index contributed by atoms with van der Waals surface area (Å²) in [6.07, 6.45) is 2.97. The molecule has 0 saturated carbocycles. The van der Waals surface area contributed by atoms with Gasteiger partial charge >= 0.3 is 0 Å². The van der Waals surface area contributed by atoms with Crippen molar-refractivity contribution in [2.75, 3.05) is 18.0 Å². The summed E-state index contributed by atoms with van der Waals surface area (Å²) in [5.74, 6) is 1.72. The van der Waals surface area contributed by atoms with Crippen LogP contribution in [0.25, 0.3) is 0 Å². The monoisotopic (exact) mass is 283 g/mol. The van der Waals surface area contributed by atoms with Gasteiger partial charge in [-0.3, -0.25) is 0 Å². The minimum Gasteiger partial charge on any atom is -0.355 e. The number of aryl methyl sites for hydroxylation is 1. The number of hydrogen-bond donors (Lipinski definition) is 1. The van der Waals surface area contributed by atoms with Crippen molar-refractivity contribution in [1.82, 2.24) is 4.98 Å². The molecule has 1 fully saturated rings. The van der Waals surface area contributed by atoms with Crippen LogP contribution in [0.1, 0.15) is 18.9 Å². The molecule has 2 rings (SSSR count). The van der Waals surface area contributed by atoms with Gasteiger partial charge in [0.2, 0.25) is 0 Å². The van der Waals surface area contributed by atoms with E-state index < -0.39 is 0 Å². The van der Waals surface area contributed by atoms with E-state index in [-0.39, 0.29) is 6.04 Å². The molecule has 1 aromatic rings. The summed E-state index contributed by atoms with van der Waals surface area (Å²) >= 11 is 3.44. The van der Waals surface area contributed by atoms with Gasteiger partial charge in [0, 0.05) is 29.8 Å². The average Bonchev–Trinajstić information content (AvgIpc) is 2.15. The normalized spacial score (nSPS) is 25.9. The minimum absolute atomic E-state index is 0.272. The molecule has 0 radical (unpaired) electrons. The predicted molar refractivity (Wildman–Crippen MR) is 70.6 cm³/mol. The summed E-state index contributed by atoms with van der Waals surface area (Å²) < 4.78 is 1.03. The molecule has 0 amide bonds. The lowest BCUT2D eigenvalue weighted by atomic mass is 9.96. The van der Waals surface area contributed by atoms with Crippen molar-refractivity contribution in [2.45, 2.75) is 26.3 Å². The molecule has 2 N–H and O–H groups in total. The Morgan fingerprint density at radius 3 is 2.88 bits per heavy atom. The maximum Gasteiger partial charge on any atom is 0.131 e. The molecule has 0 spiro atoms. The Morgan fingerprint density at radius 2 is 2.25 bits per heavy atom. The van der Waals surface area contributed by atoms with Crippen LogP contribution >= 0.6 is 15.9 Å². The van der Waals surface area contributed by atoms with Crippen molar-refractivity contribution in [1.29, 1.82) is 0 Å². The van der Waals surface area contributed by atoms with Crippen LogP contribution in [-0.2, 0) is 0 Å². The molecule has 88 valence electrons. The van der Waals surface area contributed by atoms with Crippen LogP contribution in [0, 0.1) is 12.8 Å². The van der Waals surface area contributed by atoms with Crippen LogP contribution in [0.15, 0.2) is 16.7 Å². The number of piperidine rings is 1. The number of halogens is 1. The number of aromatic nitrogens is 1. The third kappa shape index (κ3) is 2.55. The number of anilines is 1. The molecule has 0 bridgehead atoms. The highest BCUT2D eigenvalue weighted by Crippen LogP contribution is 2.25. The summed E-state index contributed by atoms with van der Waals surface area (Å²) in [4.78, 5) is 6.80. The average molecular weight is 284 g/mol. The van der Waals surface area contributed by atoms with Crippen LogP contribution in [0.5, 0.6) is 0 Å². The Bertz CT molecular complexity index is 371. The van der Waals surface area contributed by atoms with Gasteiger partial charge in [-0.05, 0) is 46.8 Å². The van der Waals surface area contributed by atoms with Gasteiger partial charge in [0.05, 0.1) is 0 Å². The van der Waals surface area contributed by atoms with Gasteiger partial charge in [-0.2, -0.15) is 0 Å². The molecule has 1 saturated heterocycles. The van der Waals surface area contributed by atoms with E-state index in [2.05, 4.69) is 45.7 Å². The second-order valence-electron chi connectivity index (χ2n) is 4.80. The van der Waals surface area contributed by atoms with Gasteiger partial charge in [0.25, 0.3) is 0 Å². The van der Waals surface area contributed by atoms with Crippen LogP contribution in [0.3, 0.4) is 0 Å². The highest BCUT2D eigenvalue weighted by atomic mass is 79.9. The summed E-state index contributed by atoms with van der Waals surface area (Å²) in [5.41, 5.74) is 7.26. The van der Waals surface area contributed by atoms with Gasteiger partial charge < -0.3 is 10.6 Å². The largest absolute Gasteiger partial charge is 0.355 e. The van der Waals surface area contributed by atoms with E-state index in [9.17, 15) is 0 Å². The zero-order valence-electron chi connectivity index (χ0n) is 9.78. The molecular weight excluding hydrogens is 266 g/mol. The van der Waals surface area contributed by atoms with Crippen LogP contribution in [0.4, 0.5) is 5.82 Å². The number of pyridine rings is 1. The Labute approximate surface area is 105 Å². The van der Waals surface area contributed by atoms with E-state index in [1.807, 2.05) is 6.20 Å². The molecule has 0 aliphatic carbocycles. The van der Waals surface area contributed by atoms with Crippen molar-refractivity contribution < 1.29 is 0 Å². The van der Waals surface area contributed by atoms with Crippen molar-refractivity contribution in [3.8, 4) is 0 Å². The van der Waals surface area contributed by atoms with Crippen molar-refractivity contribution in [2.24, 2.45) is 11.7 Å². The summed E-state index contributed by atoms with van der Waals surface area (Å²) in [5, 5.41) is 0. The van der Waals surface area contributed by atoms with E-state index in [1.165, 1.54) is 5.56 Å². The molecule has 3 nitrogen and oxygen atoms in total. The molecule has 1 aliphatic rings. The SMILES string of the molecule is Cc1cc(Br)cnc1N1CC(C)CC(N)C1. The highest BCUT2D eigenvalue weighted by Gasteiger charge is 2.23. The fourth-order valence-corrected chi connectivity index (χ4v) is 2.88. The Kier molecular flexibility index (Phi) is 3.50. The number of nitrogens with two attached hydrogens (primary N) is 1. The first-order valence-electron chi connectivity index (χ1n) is 5.69. The quantitative estimate of drug-likeness (QED) is 0.860. The van der Waals surface area contributed by atoms with E-state index in [4.69, 9.17) is 5.73 Å². The topological polar surface area (TPSA) is 42.2 Å². The molecule has 2 unspecified atom stereocenters. The molecule has 1 aliphatic heterocycles. The fraction of sp³-hybridized carbons (Fsp3) is 0.583. The maximum atomic E-state index is 6.05. The molecule has 2 atom stereocenters. The summed E-state index contributed by atoms with van der Waals surface area (Å²) in [6, 6.07) is 2.38. The first-order valence-corrected chi connectivity index (χ1v) is 6.48. The second kappa shape index (κ2) is 4.72. The number of nitrogens with zero attached hydrogens (tertiary/aromatic N) is 2. The van der Waals surface area contributed by atoms with Gasteiger partial charge in [-0.15, -0.1) is 0 Å². The fourth-order valence-electron chi connectivity index (χ4n) is 2.44. The minimum atomic E-state index is 0.272. The summed E-state index contributed by atoms with van der Waals surface area (Å²) in [6.45, 7) is 6.32. The van der Waals surface area contributed by atoms with Crippen molar-refractivity contribution in [3.63, 3.8) is 0 Å². The number of rotatable bonds is 1. The Balaban J connectivity index is 2.23. The lowest BCUT2D eigenvalue weighted by Crippen LogP contribution is -2.46. The third-order valence-corrected chi connectivity index (χ3v) is 3.44. The van der Waals surface area contributed by atoms with E-state index >= 15 is 0 Å². The van der Waals surface area contributed by atoms with E-state index in [0.29, 0.717) is 5.92 Å².